The smallest absolute Gasteiger partial charge is 0.235 e. The molecule has 3 aromatic heterocycles. The van der Waals surface area contributed by atoms with Crippen molar-refractivity contribution in [3.63, 3.8) is 0 Å². The minimum atomic E-state index is 0.693. The van der Waals surface area contributed by atoms with Gasteiger partial charge in [-0.1, -0.05) is 109 Å². The van der Waals surface area contributed by atoms with Gasteiger partial charge in [-0.05, 0) is 29.0 Å². The van der Waals surface area contributed by atoms with Crippen molar-refractivity contribution in [3.8, 4) is 17.2 Å². The van der Waals surface area contributed by atoms with Crippen LogP contribution in [0.4, 0.5) is 0 Å². The van der Waals surface area contributed by atoms with Crippen LogP contribution in [0.3, 0.4) is 0 Å². The van der Waals surface area contributed by atoms with Gasteiger partial charge in [0.05, 0.1) is 26.9 Å². The monoisotopic (exact) mass is 527 g/mol. The molecule has 9 rings (SSSR count). The first-order valence-corrected chi connectivity index (χ1v) is 14.3. The molecule has 0 spiro atoms. The van der Waals surface area contributed by atoms with Crippen molar-refractivity contribution < 1.29 is 0 Å². The van der Waals surface area contributed by atoms with Crippen molar-refractivity contribution in [1.29, 1.82) is 0 Å². The van der Waals surface area contributed by atoms with E-state index in [0.717, 1.165) is 27.7 Å². The lowest BCUT2D eigenvalue weighted by Gasteiger charge is -2.12. The van der Waals surface area contributed by atoms with E-state index in [1.165, 1.54) is 47.2 Å². The first-order valence-electron chi connectivity index (χ1n) is 13.4. The molecule has 40 heavy (non-hydrogen) atoms. The summed E-state index contributed by atoms with van der Waals surface area (Å²) in [5, 5.41) is 8.63. The van der Waals surface area contributed by atoms with Gasteiger partial charge in [-0.2, -0.15) is 0 Å². The second kappa shape index (κ2) is 8.22. The van der Waals surface area contributed by atoms with E-state index in [9.17, 15) is 0 Å². The maximum Gasteiger partial charge on any atom is 0.235 e. The number of para-hydroxylation sites is 2. The Morgan fingerprint density at radius 3 is 2.15 bits per heavy atom. The topological polar surface area (TPSA) is 30.7 Å². The number of nitrogens with zero attached hydrogens (tertiary/aromatic N) is 3. The second-order valence-corrected chi connectivity index (χ2v) is 11.3. The van der Waals surface area contributed by atoms with E-state index in [1.54, 1.807) is 0 Å². The molecule has 3 heterocycles. The van der Waals surface area contributed by atoms with E-state index in [2.05, 4.69) is 126 Å². The Bertz CT molecular complexity index is 2430. The molecule has 0 unspecified atom stereocenters. The summed E-state index contributed by atoms with van der Waals surface area (Å²) in [6.45, 7) is 0. The van der Waals surface area contributed by atoms with E-state index in [0.29, 0.717) is 5.95 Å². The van der Waals surface area contributed by atoms with E-state index < -0.39 is 0 Å². The van der Waals surface area contributed by atoms with E-state index in [4.69, 9.17) is 9.97 Å². The molecule has 0 saturated heterocycles. The van der Waals surface area contributed by atoms with Crippen LogP contribution < -0.4 is 0 Å². The van der Waals surface area contributed by atoms with Gasteiger partial charge >= 0.3 is 0 Å². The van der Waals surface area contributed by atoms with Crippen LogP contribution in [0.2, 0.25) is 0 Å². The van der Waals surface area contributed by atoms with Crippen LogP contribution in [0.1, 0.15) is 0 Å². The van der Waals surface area contributed by atoms with Gasteiger partial charge in [-0.15, -0.1) is 11.3 Å². The predicted molar refractivity (Wildman–Crippen MR) is 170 cm³/mol. The Morgan fingerprint density at radius 2 is 1.25 bits per heavy atom. The summed E-state index contributed by atoms with van der Waals surface area (Å²) in [5.41, 5.74) is 5.25. The van der Waals surface area contributed by atoms with Crippen LogP contribution in [0.5, 0.6) is 0 Å². The number of aromatic nitrogens is 3. The van der Waals surface area contributed by atoms with E-state index in [-0.39, 0.29) is 0 Å². The molecule has 0 bridgehead atoms. The van der Waals surface area contributed by atoms with Gasteiger partial charge in [0.1, 0.15) is 0 Å². The van der Waals surface area contributed by atoms with Gasteiger partial charge in [0.15, 0.2) is 0 Å². The van der Waals surface area contributed by atoms with Gasteiger partial charge < -0.3 is 0 Å². The molecule has 3 nitrogen and oxygen atoms in total. The van der Waals surface area contributed by atoms with Crippen LogP contribution in [-0.4, -0.2) is 14.5 Å². The Morgan fingerprint density at radius 1 is 0.525 bits per heavy atom. The van der Waals surface area contributed by atoms with Gasteiger partial charge in [-0.25, -0.2) is 9.97 Å². The highest BCUT2D eigenvalue weighted by atomic mass is 32.1. The maximum atomic E-state index is 5.28. The lowest BCUT2D eigenvalue weighted by Crippen LogP contribution is -2.03. The third kappa shape index (κ3) is 2.99. The number of hydrogen-bond acceptors (Lipinski definition) is 3. The van der Waals surface area contributed by atoms with Crippen LogP contribution >= 0.6 is 11.3 Å². The first-order chi connectivity index (χ1) is 19.8. The highest BCUT2D eigenvalue weighted by molar-refractivity contribution is 7.26. The molecule has 6 aromatic carbocycles. The highest BCUT2D eigenvalue weighted by Gasteiger charge is 2.21. The largest absolute Gasteiger partial charge is 0.276 e. The van der Waals surface area contributed by atoms with Gasteiger partial charge in [0.2, 0.25) is 5.95 Å². The molecular formula is C36H21N3S. The lowest BCUT2D eigenvalue weighted by atomic mass is 10.0. The summed E-state index contributed by atoms with van der Waals surface area (Å²) in [6.07, 6.45) is 0. The SMILES string of the molecule is c1ccc(-c2nc(-n3c4ccccc4c4ccc5c(sc6ccc7ccccc7c65)c43)nc3ccccc23)cc1. The summed E-state index contributed by atoms with van der Waals surface area (Å²) >= 11 is 1.86. The third-order valence-corrected chi connectivity index (χ3v) is 9.18. The van der Waals surface area contributed by atoms with Crippen molar-refractivity contribution in [2.75, 3.05) is 0 Å². The van der Waals surface area contributed by atoms with Gasteiger partial charge in [0.25, 0.3) is 0 Å². The normalized spacial score (nSPS) is 12.0. The summed E-state index contributed by atoms with van der Waals surface area (Å²) in [7, 11) is 0. The maximum absolute atomic E-state index is 5.28. The molecule has 186 valence electrons. The fourth-order valence-corrected chi connectivity index (χ4v) is 7.50. The zero-order valence-corrected chi connectivity index (χ0v) is 22.2. The Kier molecular flexibility index (Phi) is 4.48. The summed E-state index contributed by atoms with van der Waals surface area (Å²) in [6, 6.07) is 45.1. The van der Waals surface area contributed by atoms with Crippen LogP contribution in [0.15, 0.2) is 127 Å². The standard InChI is InChI=1S/C36H21N3S/c1-2-11-23(12-3-1)33-27-15-6-8-16-29(27)37-36(38-33)39-30-17-9-7-14-25(30)26-19-20-28-32-24-13-5-4-10-22(24)18-21-31(32)40-35(28)34(26)39/h1-21H. The average Bonchev–Trinajstić information content (AvgIpc) is 3.57. The van der Waals surface area contributed by atoms with Crippen molar-refractivity contribution in [2.24, 2.45) is 0 Å². The fraction of sp³-hybridized carbons (Fsp3) is 0. The molecule has 0 aliphatic rings. The van der Waals surface area contributed by atoms with E-state index in [1.807, 2.05) is 17.4 Å². The first kappa shape index (κ1) is 21.8. The highest BCUT2D eigenvalue weighted by Crippen LogP contribution is 2.44. The van der Waals surface area contributed by atoms with Crippen LogP contribution in [0, 0.1) is 0 Å². The number of hydrogen-bond donors (Lipinski definition) is 0. The van der Waals surface area contributed by atoms with Crippen molar-refractivity contribution in [2.45, 2.75) is 0 Å². The zero-order valence-electron chi connectivity index (χ0n) is 21.4. The molecule has 0 fully saturated rings. The molecule has 0 radical (unpaired) electrons. The van der Waals surface area contributed by atoms with Crippen molar-refractivity contribution in [3.05, 3.63) is 127 Å². The molecule has 0 aliphatic carbocycles. The summed E-state index contributed by atoms with van der Waals surface area (Å²) < 4.78 is 4.84. The molecule has 0 atom stereocenters. The Labute approximate surface area is 233 Å². The Hall–Kier alpha value is -5.06. The molecule has 0 saturated carbocycles. The second-order valence-electron chi connectivity index (χ2n) is 10.2. The zero-order chi connectivity index (χ0) is 26.2. The fourth-order valence-electron chi connectivity index (χ4n) is 6.24. The van der Waals surface area contributed by atoms with Crippen LogP contribution in [0.25, 0.3) is 80.9 Å². The molecule has 4 heteroatoms. The van der Waals surface area contributed by atoms with E-state index >= 15 is 0 Å². The van der Waals surface area contributed by atoms with Crippen molar-refractivity contribution in [1.82, 2.24) is 14.5 Å². The molecule has 0 aliphatic heterocycles. The van der Waals surface area contributed by atoms with Gasteiger partial charge in [0, 0.05) is 37.2 Å². The summed E-state index contributed by atoms with van der Waals surface area (Å²) in [5.74, 6) is 0.693. The van der Waals surface area contributed by atoms with Crippen molar-refractivity contribution >= 4 is 75.0 Å². The molecule has 0 amide bonds. The van der Waals surface area contributed by atoms with Gasteiger partial charge in [-0.3, -0.25) is 4.57 Å². The lowest BCUT2D eigenvalue weighted by molar-refractivity contribution is 1.02. The minimum Gasteiger partial charge on any atom is -0.276 e. The number of benzene rings is 6. The third-order valence-electron chi connectivity index (χ3n) is 8.00. The molecular weight excluding hydrogens is 506 g/mol. The summed E-state index contributed by atoms with van der Waals surface area (Å²) in [4.78, 5) is 10.5. The van der Waals surface area contributed by atoms with Crippen LogP contribution in [-0.2, 0) is 0 Å². The number of thiophene rings is 1. The predicted octanol–water partition coefficient (Wildman–Crippen LogP) is 9.91. The average molecular weight is 528 g/mol. The molecule has 9 aromatic rings. The number of rotatable bonds is 2. The minimum absolute atomic E-state index is 0.693. The molecule has 0 N–H and O–H groups in total. The quantitative estimate of drug-likeness (QED) is 0.224. The Balaban J connectivity index is 1.47. The number of fused-ring (bicyclic) bond motifs is 10.